The van der Waals surface area contributed by atoms with Gasteiger partial charge in [-0.05, 0) is 46.0 Å². The molecule has 1 heterocycles. The summed E-state index contributed by atoms with van der Waals surface area (Å²) in [5, 5.41) is 10.2. The van der Waals surface area contributed by atoms with Crippen molar-refractivity contribution in [1.29, 1.82) is 0 Å². The van der Waals surface area contributed by atoms with Crippen LogP contribution in [-0.2, 0) is 24.2 Å². The second kappa shape index (κ2) is 7.71. The smallest absolute Gasteiger partial charge is 0.307 e. The van der Waals surface area contributed by atoms with E-state index in [4.69, 9.17) is 15.3 Å². The molecule has 0 aliphatic carbocycles. The summed E-state index contributed by atoms with van der Waals surface area (Å²) in [5.41, 5.74) is 12.8. The fourth-order valence-electron chi connectivity index (χ4n) is 3.55. The van der Waals surface area contributed by atoms with Crippen LogP contribution in [-0.4, -0.2) is 11.1 Å². The largest absolute Gasteiger partial charge is 0.481 e. The quantitative estimate of drug-likeness (QED) is 0.511. The number of furan rings is 1. The number of carbonyl (C=O) groups is 1. The van der Waals surface area contributed by atoms with Gasteiger partial charge in [-0.1, -0.05) is 48.5 Å². The van der Waals surface area contributed by atoms with Crippen molar-refractivity contribution >= 4 is 16.9 Å². The maximum absolute atomic E-state index is 11.2. The summed E-state index contributed by atoms with van der Waals surface area (Å²) < 4.78 is 5.74. The van der Waals surface area contributed by atoms with Gasteiger partial charge in [-0.25, -0.2) is 0 Å². The van der Waals surface area contributed by atoms with Crippen LogP contribution in [0.4, 0.5) is 0 Å². The zero-order valence-electron chi connectivity index (χ0n) is 15.4. The van der Waals surface area contributed by atoms with Crippen LogP contribution >= 0.6 is 0 Å². The molecule has 0 unspecified atom stereocenters. The first-order chi connectivity index (χ1) is 13.6. The molecular weight excluding hydrogens is 350 g/mol. The van der Waals surface area contributed by atoms with Crippen molar-refractivity contribution in [3.63, 3.8) is 0 Å². The maximum atomic E-state index is 11.2. The average molecular weight is 371 g/mol. The van der Waals surface area contributed by atoms with Gasteiger partial charge in [-0.2, -0.15) is 0 Å². The Kier molecular flexibility index (Phi) is 4.96. The highest BCUT2D eigenvalue weighted by Gasteiger charge is 2.12. The molecule has 0 spiro atoms. The minimum atomic E-state index is -0.827. The van der Waals surface area contributed by atoms with Gasteiger partial charge >= 0.3 is 5.97 Å². The van der Waals surface area contributed by atoms with Crippen molar-refractivity contribution in [2.24, 2.45) is 5.73 Å². The first kappa shape index (κ1) is 18.0. The predicted molar refractivity (Wildman–Crippen MR) is 110 cm³/mol. The van der Waals surface area contributed by atoms with Gasteiger partial charge < -0.3 is 15.3 Å². The average Bonchev–Trinajstić information content (AvgIpc) is 3.11. The van der Waals surface area contributed by atoms with E-state index in [0.717, 1.165) is 44.3 Å². The van der Waals surface area contributed by atoms with Crippen LogP contribution in [0.1, 0.15) is 22.3 Å². The number of aliphatic carboxylic acids is 1. The Bertz CT molecular complexity index is 1140. The second-order valence-corrected chi connectivity index (χ2v) is 6.89. The lowest BCUT2D eigenvalue weighted by atomic mass is 9.96. The molecule has 4 aromatic rings. The van der Waals surface area contributed by atoms with Crippen molar-refractivity contribution in [2.45, 2.75) is 19.4 Å². The fraction of sp³-hybridized carbons (Fsp3) is 0.125. The molecule has 3 aromatic carbocycles. The number of carboxylic acid groups (broad SMARTS) is 1. The minimum absolute atomic E-state index is 0.0170. The molecule has 0 aliphatic heterocycles. The number of hydrogen-bond donors (Lipinski definition) is 2. The van der Waals surface area contributed by atoms with Crippen LogP contribution in [0.2, 0.25) is 0 Å². The summed E-state index contributed by atoms with van der Waals surface area (Å²) in [4.78, 5) is 11.2. The summed E-state index contributed by atoms with van der Waals surface area (Å²) in [5.74, 6) is -0.827. The zero-order chi connectivity index (χ0) is 19.5. The number of carboxylic acids is 1. The molecule has 140 valence electrons. The van der Waals surface area contributed by atoms with E-state index in [1.807, 2.05) is 48.5 Å². The first-order valence-electron chi connectivity index (χ1n) is 9.22. The van der Waals surface area contributed by atoms with Gasteiger partial charge in [-0.3, -0.25) is 4.79 Å². The highest BCUT2D eigenvalue weighted by Crippen LogP contribution is 2.30. The van der Waals surface area contributed by atoms with E-state index in [1.54, 1.807) is 6.26 Å². The van der Waals surface area contributed by atoms with Crippen LogP contribution in [0.25, 0.3) is 22.1 Å². The van der Waals surface area contributed by atoms with Gasteiger partial charge in [0, 0.05) is 23.9 Å². The van der Waals surface area contributed by atoms with Crippen molar-refractivity contribution in [3.8, 4) is 11.1 Å². The van der Waals surface area contributed by atoms with E-state index in [2.05, 4.69) is 18.2 Å². The van der Waals surface area contributed by atoms with Gasteiger partial charge in [-0.15, -0.1) is 0 Å². The lowest BCUT2D eigenvalue weighted by molar-refractivity contribution is -0.136. The van der Waals surface area contributed by atoms with Crippen molar-refractivity contribution < 1.29 is 14.3 Å². The van der Waals surface area contributed by atoms with Gasteiger partial charge in [0.15, 0.2) is 0 Å². The molecule has 1 aromatic heterocycles. The van der Waals surface area contributed by atoms with Crippen LogP contribution < -0.4 is 5.73 Å². The van der Waals surface area contributed by atoms with Crippen LogP contribution in [0.3, 0.4) is 0 Å². The van der Waals surface area contributed by atoms with Crippen molar-refractivity contribution in [3.05, 3.63) is 95.2 Å². The Hall–Kier alpha value is -3.37. The SMILES string of the molecule is NCc1cccc(-c2ccc3occ(Cc4ccccc4CC(=O)O)c3c2)c1. The number of benzene rings is 3. The lowest BCUT2D eigenvalue weighted by Crippen LogP contribution is -2.03. The molecule has 4 heteroatoms. The molecule has 0 saturated carbocycles. The van der Waals surface area contributed by atoms with Gasteiger partial charge in [0.2, 0.25) is 0 Å². The second-order valence-electron chi connectivity index (χ2n) is 6.89. The molecule has 0 fully saturated rings. The minimum Gasteiger partial charge on any atom is -0.481 e. The summed E-state index contributed by atoms with van der Waals surface area (Å²) in [6.45, 7) is 0.507. The molecule has 4 rings (SSSR count). The van der Waals surface area contributed by atoms with Crippen molar-refractivity contribution in [1.82, 2.24) is 0 Å². The molecule has 0 saturated heterocycles. The van der Waals surface area contributed by atoms with Crippen LogP contribution in [0, 0.1) is 0 Å². The van der Waals surface area contributed by atoms with E-state index in [-0.39, 0.29) is 6.42 Å². The van der Waals surface area contributed by atoms with Gasteiger partial charge in [0.1, 0.15) is 5.58 Å². The summed E-state index contributed by atoms with van der Waals surface area (Å²) in [7, 11) is 0. The number of nitrogens with two attached hydrogens (primary N) is 1. The summed E-state index contributed by atoms with van der Waals surface area (Å²) in [6.07, 6.45) is 2.41. The summed E-state index contributed by atoms with van der Waals surface area (Å²) in [6, 6.07) is 22.0. The Morgan fingerprint density at radius 3 is 2.46 bits per heavy atom. The molecule has 0 aliphatic rings. The molecule has 4 nitrogen and oxygen atoms in total. The highest BCUT2D eigenvalue weighted by atomic mass is 16.4. The number of hydrogen-bond acceptors (Lipinski definition) is 3. The van der Waals surface area contributed by atoms with E-state index >= 15 is 0 Å². The van der Waals surface area contributed by atoms with E-state index < -0.39 is 5.97 Å². The molecular formula is C24H21NO3. The lowest BCUT2D eigenvalue weighted by Gasteiger charge is -2.08. The molecule has 28 heavy (non-hydrogen) atoms. The van der Waals surface area contributed by atoms with Gasteiger partial charge in [0.25, 0.3) is 0 Å². The Labute approximate surface area is 163 Å². The standard InChI is InChI=1S/C24H21NO3/c25-14-16-4-3-7-17(10-16)20-8-9-23-22(12-20)21(15-28-23)11-18-5-1-2-6-19(18)13-24(26)27/h1-10,12,15H,11,13-14,25H2,(H,26,27). The van der Waals surface area contributed by atoms with E-state index in [0.29, 0.717) is 13.0 Å². The van der Waals surface area contributed by atoms with Crippen molar-refractivity contribution in [2.75, 3.05) is 0 Å². The molecule has 0 bridgehead atoms. The predicted octanol–water partition coefficient (Wildman–Crippen LogP) is 4.78. The van der Waals surface area contributed by atoms with Crippen LogP contribution in [0.15, 0.2) is 77.4 Å². The fourth-order valence-corrected chi connectivity index (χ4v) is 3.55. The third-order valence-corrected chi connectivity index (χ3v) is 4.99. The Morgan fingerprint density at radius 1 is 0.893 bits per heavy atom. The molecule has 3 N–H and O–H groups in total. The third-order valence-electron chi connectivity index (χ3n) is 4.99. The molecule has 0 radical (unpaired) electrons. The van der Waals surface area contributed by atoms with Gasteiger partial charge in [0.05, 0.1) is 12.7 Å². The highest BCUT2D eigenvalue weighted by molar-refractivity contribution is 5.86. The summed E-state index contributed by atoms with van der Waals surface area (Å²) >= 11 is 0. The maximum Gasteiger partial charge on any atom is 0.307 e. The monoisotopic (exact) mass is 371 g/mol. The van der Waals surface area contributed by atoms with E-state index in [9.17, 15) is 4.79 Å². The number of fused-ring (bicyclic) bond motifs is 1. The molecule has 0 atom stereocenters. The Morgan fingerprint density at radius 2 is 1.68 bits per heavy atom. The first-order valence-corrected chi connectivity index (χ1v) is 9.22. The third kappa shape index (κ3) is 3.68. The molecule has 0 amide bonds. The topological polar surface area (TPSA) is 76.5 Å². The zero-order valence-corrected chi connectivity index (χ0v) is 15.4. The van der Waals surface area contributed by atoms with E-state index in [1.165, 1.54) is 0 Å². The normalized spacial score (nSPS) is 11.0. The van der Waals surface area contributed by atoms with Crippen LogP contribution in [0.5, 0.6) is 0 Å². The Balaban J connectivity index is 1.72. The number of rotatable bonds is 6.